The van der Waals surface area contributed by atoms with Gasteiger partial charge in [0.15, 0.2) is 0 Å². The molecule has 86 valence electrons. The third-order valence-electron chi connectivity index (χ3n) is 4.05. The van der Waals surface area contributed by atoms with Gasteiger partial charge in [-0.15, -0.1) is 0 Å². The molecule has 2 heterocycles. The third-order valence-corrected chi connectivity index (χ3v) is 4.05. The van der Waals surface area contributed by atoms with Crippen LogP contribution in [-0.4, -0.2) is 25.2 Å². The lowest BCUT2D eigenvalue weighted by molar-refractivity contribution is 0.405. The van der Waals surface area contributed by atoms with E-state index in [0.717, 1.165) is 13.1 Å². The molecule has 2 aliphatic heterocycles. The fraction of sp³-hybridized carbons (Fsp3) is 0.571. The highest BCUT2D eigenvalue weighted by Crippen LogP contribution is 2.38. The van der Waals surface area contributed by atoms with E-state index in [0.29, 0.717) is 12.1 Å². The van der Waals surface area contributed by atoms with Crippen LogP contribution in [-0.2, 0) is 6.42 Å². The standard InChI is InChI=1S/C14H20N2/c1-3-12-8-15-9-13-7-11-6-4-5-10(2)14(11)16(12)13/h4-6,12-13,15H,3,7-9H2,1-2H3/t12-,13-/m1/s1. The molecule has 0 saturated carbocycles. The van der Waals surface area contributed by atoms with Crippen molar-refractivity contribution in [3.8, 4) is 0 Å². The van der Waals surface area contributed by atoms with Gasteiger partial charge >= 0.3 is 0 Å². The Balaban J connectivity index is 2.05. The number of benzene rings is 1. The van der Waals surface area contributed by atoms with E-state index in [2.05, 4.69) is 42.3 Å². The first-order chi connectivity index (χ1) is 7.81. The Morgan fingerprint density at radius 2 is 2.25 bits per heavy atom. The van der Waals surface area contributed by atoms with Crippen LogP contribution in [0.25, 0.3) is 0 Å². The largest absolute Gasteiger partial charge is 0.362 e. The predicted octanol–water partition coefficient (Wildman–Crippen LogP) is 2.11. The normalized spacial score (nSPS) is 27.8. The fourth-order valence-corrected chi connectivity index (χ4v) is 3.30. The van der Waals surface area contributed by atoms with Crippen LogP contribution < -0.4 is 10.2 Å². The lowest BCUT2D eigenvalue weighted by atomic mass is 10.1. The summed E-state index contributed by atoms with van der Waals surface area (Å²) in [5.74, 6) is 0. The highest BCUT2D eigenvalue weighted by atomic mass is 15.3. The van der Waals surface area contributed by atoms with E-state index >= 15 is 0 Å². The Kier molecular flexibility index (Phi) is 2.40. The number of hydrogen-bond acceptors (Lipinski definition) is 2. The second-order valence-electron chi connectivity index (χ2n) is 5.07. The summed E-state index contributed by atoms with van der Waals surface area (Å²) in [4.78, 5) is 2.68. The molecule has 0 amide bonds. The molecule has 3 rings (SSSR count). The maximum atomic E-state index is 3.57. The number of fused-ring (bicyclic) bond motifs is 3. The molecule has 0 spiro atoms. The lowest BCUT2D eigenvalue weighted by Crippen LogP contribution is -2.56. The van der Waals surface area contributed by atoms with E-state index in [1.54, 1.807) is 5.56 Å². The SMILES string of the molecule is CC[C@@H]1CNC[C@H]2Cc3cccc(C)c3N12. The van der Waals surface area contributed by atoms with Crippen LogP contribution in [0.3, 0.4) is 0 Å². The highest BCUT2D eigenvalue weighted by Gasteiger charge is 2.36. The zero-order chi connectivity index (χ0) is 11.1. The van der Waals surface area contributed by atoms with Crippen LogP contribution in [0.2, 0.25) is 0 Å². The van der Waals surface area contributed by atoms with Crippen molar-refractivity contribution in [1.29, 1.82) is 0 Å². The number of aryl methyl sites for hydroxylation is 1. The van der Waals surface area contributed by atoms with Crippen LogP contribution in [0.4, 0.5) is 5.69 Å². The molecule has 2 atom stereocenters. The monoisotopic (exact) mass is 216 g/mol. The Bertz CT molecular complexity index is 394. The minimum Gasteiger partial charge on any atom is -0.362 e. The molecular formula is C14H20N2. The summed E-state index contributed by atoms with van der Waals surface area (Å²) in [6.45, 7) is 6.83. The van der Waals surface area contributed by atoms with E-state index in [1.165, 1.54) is 24.1 Å². The number of rotatable bonds is 1. The van der Waals surface area contributed by atoms with Crippen molar-refractivity contribution in [1.82, 2.24) is 5.32 Å². The summed E-state index contributed by atoms with van der Waals surface area (Å²) >= 11 is 0. The van der Waals surface area contributed by atoms with Gasteiger partial charge in [0.05, 0.1) is 0 Å². The molecule has 1 aromatic carbocycles. The molecule has 16 heavy (non-hydrogen) atoms. The number of nitrogens with zero attached hydrogens (tertiary/aromatic N) is 1. The van der Waals surface area contributed by atoms with Gasteiger partial charge in [-0.05, 0) is 30.9 Å². The van der Waals surface area contributed by atoms with Gasteiger partial charge in [0.1, 0.15) is 0 Å². The van der Waals surface area contributed by atoms with E-state index < -0.39 is 0 Å². The molecule has 1 fully saturated rings. The average Bonchev–Trinajstić information content (AvgIpc) is 2.68. The molecule has 1 N–H and O–H groups in total. The number of piperazine rings is 1. The summed E-state index contributed by atoms with van der Waals surface area (Å²) < 4.78 is 0. The molecule has 2 aliphatic rings. The van der Waals surface area contributed by atoms with Crippen LogP contribution >= 0.6 is 0 Å². The van der Waals surface area contributed by atoms with Crippen molar-refractivity contribution in [3.05, 3.63) is 29.3 Å². The Morgan fingerprint density at radius 3 is 3.06 bits per heavy atom. The van der Waals surface area contributed by atoms with Crippen molar-refractivity contribution in [2.75, 3.05) is 18.0 Å². The van der Waals surface area contributed by atoms with Crippen LogP contribution in [0.15, 0.2) is 18.2 Å². The lowest BCUT2D eigenvalue weighted by Gasteiger charge is -2.40. The molecule has 2 heteroatoms. The first-order valence-electron chi connectivity index (χ1n) is 6.38. The quantitative estimate of drug-likeness (QED) is 0.773. The second kappa shape index (κ2) is 3.77. The van der Waals surface area contributed by atoms with Crippen molar-refractivity contribution in [2.45, 2.75) is 38.8 Å². The van der Waals surface area contributed by atoms with Gasteiger partial charge in [0.2, 0.25) is 0 Å². The molecule has 2 nitrogen and oxygen atoms in total. The minimum absolute atomic E-state index is 0.682. The maximum absolute atomic E-state index is 3.57. The van der Waals surface area contributed by atoms with Gasteiger partial charge in [0.25, 0.3) is 0 Å². The Hall–Kier alpha value is -1.02. The summed E-state index contributed by atoms with van der Waals surface area (Å²) in [5, 5.41) is 3.57. The molecule has 0 aromatic heterocycles. The van der Waals surface area contributed by atoms with Crippen molar-refractivity contribution < 1.29 is 0 Å². The molecule has 0 radical (unpaired) electrons. The number of para-hydroxylation sites is 1. The topological polar surface area (TPSA) is 15.3 Å². The fourth-order valence-electron chi connectivity index (χ4n) is 3.30. The van der Waals surface area contributed by atoms with Gasteiger partial charge in [0, 0.05) is 30.9 Å². The van der Waals surface area contributed by atoms with Crippen LogP contribution in [0, 0.1) is 6.92 Å². The summed E-state index contributed by atoms with van der Waals surface area (Å²) in [7, 11) is 0. The van der Waals surface area contributed by atoms with E-state index in [-0.39, 0.29) is 0 Å². The molecule has 1 aromatic rings. The number of hydrogen-bond donors (Lipinski definition) is 1. The Morgan fingerprint density at radius 1 is 1.38 bits per heavy atom. The van der Waals surface area contributed by atoms with Crippen LogP contribution in [0.5, 0.6) is 0 Å². The van der Waals surface area contributed by atoms with Gasteiger partial charge in [-0.1, -0.05) is 25.1 Å². The molecule has 0 bridgehead atoms. The number of anilines is 1. The van der Waals surface area contributed by atoms with Crippen molar-refractivity contribution in [3.63, 3.8) is 0 Å². The second-order valence-corrected chi connectivity index (χ2v) is 5.07. The number of nitrogens with one attached hydrogen (secondary N) is 1. The smallest absolute Gasteiger partial charge is 0.0459 e. The zero-order valence-electron chi connectivity index (χ0n) is 10.2. The van der Waals surface area contributed by atoms with E-state index in [9.17, 15) is 0 Å². The van der Waals surface area contributed by atoms with E-state index in [1.807, 2.05) is 0 Å². The van der Waals surface area contributed by atoms with Crippen LogP contribution in [0.1, 0.15) is 24.5 Å². The molecule has 0 unspecified atom stereocenters. The third kappa shape index (κ3) is 1.36. The van der Waals surface area contributed by atoms with E-state index in [4.69, 9.17) is 0 Å². The first-order valence-corrected chi connectivity index (χ1v) is 6.38. The van der Waals surface area contributed by atoms with Gasteiger partial charge in [-0.2, -0.15) is 0 Å². The maximum Gasteiger partial charge on any atom is 0.0459 e. The molecule has 1 saturated heterocycles. The van der Waals surface area contributed by atoms with Crippen molar-refractivity contribution in [2.24, 2.45) is 0 Å². The summed E-state index contributed by atoms with van der Waals surface area (Å²) in [5.41, 5.74) is 4.52. The minimum atomic E-state index is 0.682. The Labute approximate surface area is 97.6 Å². The summed E-state index contributed by atoms with van der Waals surface area (Å²) in [6, 6.07) is 8.11. The highest BCUT2D eigenvalue weighted by molar-refractivity contribution is 5.65. The molecular weight excluding hydrogens is 196 g/mol. The average molecular weight is 216 g/mol. The van der Waals surface area contributed by atoms with Gasteiger partial charge in [-0.3, -0.25) is 0 Å². The first kappa shape index (κ1) is 10.2. The predicted molar refractivity (Wildman–Crippen MR) is 68.1 cm³/mol. The summed E-state index contributed by atoms with van der Waals surface area (Å²) in [6.07, 6.45) is 2.46. The zero-order valence-corrected chi connectivity index (χ0v) is 10.2. The van der Waals surface area contributed by atoms with Gasteiger partial charge in [-0.25, -0.2) is 0 Å². The van der Waals surface area contributed by atoms with Gasteiger partial charge < -0.3 is 10.2 Å². The molecule has 0 aliphatic carbocycles. The van der Waals surface area contributed by atoms with Crippen molar-refractivity contribution >= 4 is 5.69 Å².